The number of aromatic hydroxyl groups is 2. The molecule has 1 unspecified atom stereocenters. The third kappa shape index (κ3) is 3.58. The van der Waals surface area contributed by atoms with Gasteiger partial charge in [0, 0.05) is 18.2 Å². The quantitative estimate of drug-likeness (QED) is 0.772. The standard InChI is InChI=1S/C22H22ClFN2O4/c1-12-7-13(21(29)25-10-14(24)11-25)4-5-15(12)18-3-2-6-26(18)22(30)16-8-17(23)20(28)9-19(16)27/h4-5,7-9,14,18,27-28H,2-3,6,10-11H2,1H3. The number of benzene rings is 2. The molecule has 2 saturated heterocycles. The zero-order chi connectivity index (χ0) is 21.6. The monoisotopic (exact) mass is 432 g/mol. The Morgan fingerprint density at radius 3 is 2.50 bits per heavy atom. The fourth-order valence-electron chi connectivity index (χ4n) is 4.17. The SMILES string of the molecule is Cc1cc(C(=O)N2CC(F)C2)ccc1C1CCCN1C(=O)c1cc(Cl)c(O)cc1O. The number of hydrogen-bond acceptors (Lipinski definition) is 4. The van der Waals surface area contributed by atoms with Gasteiger partial charge in [0.15, 0.2) is 0 Å². The maximum absolute atomic E-state index is 13.1. The summed E-state index contributed by atoms with van der Waals surface area (Å²) in [5.74, 6) is -1.18. The molecule has 30 heavy (non-hydrogen) atoms. The fraction of sp³-hybridized carbons (Fsp3) is 0.364. The van der Waals surface area contributed by atoms with Crippen LogP contribution in [0.3, 0.4) is 0 Å². The van der Waals surface area contributed by atoms with Crippen molar-refractivity contribution in [1.29, 1.82) is 0 Å². The smallest absolute Gasteiger partial charge is 0.258 e. The minimum absolute atomic E-state index is 0.00699. The second kappa shape index (κ2) is 7.80. The predicted molar refractivity (Wildman–Crippen MR) is 110 cm³/mol. The molecule has 0 aliphatic carbocycles. The highest BCUT2D eigenvalue weighted by Crippen LogP contribution is 2.38. The van der Waals surface area contributed by atoms with Crippen molar-refractivity contribution in [2.75, 3.05) is 19.6 Å². The van der Waals surface area contributed by atoms with Gasteiger partial charge in [-0.2, -0.15) is 0 Å². The van der Waals surface area contributed by atoms with Crippen LogP contribution in [-0.4, -0.2) is 57.6 Å². The molecule has 2 heterocycles. The molecule has 2 amide bonds. The summed E-state index contributed by atoms with van der Waals surface area (Å²) >= 11 is 5.92. The molecule has 2 aliphatic heterocycles. The van der Waals surface area contributed by atoms with Crippen molar-refractivity contribution in [3.63, 3.8) is 0 Å². The average molecular weight is 433 g/mol. The van der Waals surface area contributed by atoms with Gasteiger partial charge in [-0.25, -0.2) is 4.39 Å². The number of nitrogens with zero attached hydrogens (tertiary/aromatic N) is 2. The highest BCUT2D eigenvalue weighted by atomic mass is 35.5. The van der Waals surface area contributed by atoms with Gasteiger partial charge < -0.3 is 20.0 Å². The number of likely N-dealkylation sites (tertiary alicyclic amines) is 2. The van der Waals surface area contributed by atoms with Crippen LogP contribution < -0.4 is 0 Å². The van der Waals surface area contributed by atoms with E-state index >= 15 is 0 Å². The van der Waals surface area contributed by atoms with Crippen molar-refractivity contribution in [3.8, 4) is 11.5 Å². The molecule has 0 saturated carbocycles. The van der Waals surface area contributed by atoms with Crippen molar-refractivity contribution in [2.45, 2.75) is 32.0 Å². The molecule has 8 heteroatoms. The lowest BCUT2D eigenvalue weighted by molar-refractivity contribution is 0.0400. The Morgan fingerprint density at radius 1 is 1.10 bits per heavy atom. The van der Waals surface area contributed by atoms with Crippen LogP contribution >= 0.6 is 11.6 Å². The van der Waals surface area contributed by atoms with Crippen molar-refractivity contribution >= 4 is 23.4 Å². The van der Waals surface area contributed by atoms with E-state index in [9.17, 15) is 24.2 Å². The number of hydrogen-bond donors (Lipinski definition) is 2. The summed E-state index contributed by atoms with van der Waals surface area (Å²) in [6.45, 7) is 2.66. The van der Waals surface area contributed by atoms with Gasteiger partial charge in [0.05, 0.1) is 29.7 Å². The van der Waals surface area contributed by atoms with E-state index < -0.39 is 6.17 Å². The Labute approximate surface area is 178 Å². The van der Waals surface area contributed by atoms with Crippen molar-refractivity contribution in [3.05, 3.63) is 57.6 Å². The van der Waals surface area contributed by atoms with Crippen LogP contribution in [0.15, 0.2) is 30.3 Å². The topological polar surface area (TPSA) is 81.1 Å². The van der Waals surface area contributed by atoms with Crippen LogP contribution in [0.5, 0.6) is 11.5 Å². The molecular formula is C22H22ClFN2O4. The Hall–Kier alpha value is -2.80. The molecule has 4 rings (SSSR count). The highest BCUT2D eigenvalue weighted by molar-refractivity contribution is 6.32. The van der Waals surface area contributed by atoms with Crippen molar-refractivity contribution in [1.82, 2.24) is 9.80 Å². The van der Waals surface area contributed by atoms with E-state index in [4.69, 9.17) is 11.6 Å². The molecule has 2 N–H and O–H groups in total. The Bertz CT molecular complexity index is 1020. The predicted octanol–water partition coefficient (Wildman–Crippen LogP) is 3.83. The lowest BCUT2D eigenvalue weighted by atomic mass is 9.96. The van der Waals surface area contributed by atoms with E-state index in [0.29, 0.717) is 12.1 Å². The van der Waals surface area contributed by atoms with E-state index in [0.717, 1.165) is 30.0 Å². The summed E-state index contributed by atoms with van der Waals surface area (Å²) in [6, 6.07) is 7.46. The molecular weight excluding hydrogens is 411 g/mol. The number of phenols is 2. The van der Waals surface area contributed by atoms with Gasteiger partial charge in [0.2, 0.25) is 0 Å². The molecule has 6 nitrogen and oxygen atoms in total. The summed E-state index contributed by atoms with van der Waals surface area (Å²) in [4.78, 5) is 28.7. The lowest BCUT2D eigenvalue weighted by Crippen LogP contribution is -2.51. The van der Waals surface area contributed by atoms with Crippen LogP contribution in [-0.2, 0) is 0 Å². The summed E-state index contributed by atoms with van der Waals surface area (Å²) in [5, 5.41) is 19.7. The number of carbonyl (C=O) groups is 2. The molecule has 2 aromatic rings. The highest BCUT2D eigenvalue weighted by Gasteiger charge is 2.34. The first-order chi connectivity index (χ1) is 14.3. The molecule has 0 radical (unpaired) electrons. The Kier molecular flexibility index (Phi) is 5.32. The number of amides is 2. The third-order valence-electron chi connectivity index (χ3n) is 5.81. The number of rotatable bonds is 3. The molecule has 2 fully saturated rings. The van der Waals surface area contributed by atoms with Crippen molar-refractivity contribution < 1.29 is 24.2 Å². The Balaban J connectivity index is 1.58. The molecule has 0 bridgehead atoms. The summed E-state index contributed by atoms with van der Waals surface area (Å²) in [7, 11) is 0. The number of carbonyl (C=O) groups excluding carboxylic acids is 2. The zero-order valence-corrected chi connectivity index (χ0v) is 17.2. The molecule has 2 aromatic carbocycles. The number of halogens is 2. The van der Waals surface area contributed by atoms with E-state index in [1.54, 1.807) is 17.0 Å². The minimum Gasteiger partial charge on any atom is -0.507 e. The van der Waals surface area contributed by atoms with E-state index in [-0.39, 0.29) is 53.0 Å². The van der Waals surface area contributed by atoms with E-state index in [1.807, 2.05) is 13.0 Å². The van der Waals surface area contributed by atoms with Gasteiger partial charge >= 0.3 is 0 Å². The van der Waals surface area contributed by atoms with Gasteiger partial charge in [0.25, 0.3) is 11.8 Å². The van der Waals surface area contributed by atoms with Crippen LogP contribution in [0.2, 0.25) is 5.02 Å². The maximum Gasteiger partial charge on any atom is 0.258 e. The maximum atomic E-state index is 13.1. The summed E-state index contributed by atoms with van der Waals surface area (Å²) in [5.41, 5.74) is 2.33. The normalized spacial score (nSPS) is 19.1. The van der Waals surface area contributed by atoms with Crippen LogP contribution in [0, 0.1) is 6.92 Å². The second-order valence-corrected chi connectivity index (χ2v) is 8.26. The van der Waals surface area contributed by atoms with Gasteiger partial charge in [-0.3, -0.25) is 9.59 Å². The first-order valence-electron chi connectivity index (χ1n) is 9.82. The fourth-order valence-corrected chi connectivity index (χ4v) is 4.33. The van der Waals surface area contributed by atoms with Gasteiger partial charge in [-0.15, -0.1) is 0 Å². The second-order valence-electron chi connectivity index (χ2n) is 7.86. The zero-order valence-electron chi connectivity index (χ0n) is 16.4. The Morgan fingerprint density at radius 2 is 1.83 bits per heavy atom. The minimum atomic E-state index is -0.947. The van der Waals surface area contributed by atoms with Crippen LogP contribution in [0.4, 0.5) is 4.39 Å². The van der Waals surface area contributed by atoms with Gasteiger partial charge in [0.1, 0.15) is 17.7 Å². The first-order valence-corrected chi connectivity index (χ1v) is 10.2. The number of aryl methyl sites for hydroxylation is 1. The van der Waals surface area contributed by atoms with Gasteiger partial charge in [-0.1, -0.05) is 17.7 Å². The average Bonchev–Trinajstić information content (AvgIpc) is 3.16. The van der Waals surface area contributed by atoms with Gasteiger partial charge in [-0.05, 0) is 49.1 Å². The van der Waals surface area contributed by atoms with E-state index in [2.05, 4.69) is 0 Å². The van der Waals surface area contributed by atoms with Crippen LogP contribution in [0.1, 0.15) is 50.7 Å². The van der Waals surface area contributed by atoms with Crippen LogP contribution in [0.25, 0.3) is 0 Å². The molecule has 2 aliphatic rings. The molecule has 0 spiro atoms. The third-order valence-corrected chi connectivity index (χ3v) is 6.11. The number of alkyl halides is 1. The largest absolute Gasteiger partial charge is 0.507 e. The summed E-state index contributed by atoms with van der Waals surface area (Å²) in [6.07, 6.45) is 0.605. The van der Waals surface area contributed by atoms with E-state index in [1.165, 1.54) is 11.0 Å². The summed E-state index contributed by atoms with van der Waals surface area (Å²) < 4.78 is 13.1. The first kappa shape index (κ1) is 20.5. The molecule has 0 aromatic heterocycles. The van der Waals surface area contributed by atoms with Crippen molar-refractivity contribution in [2.24, 2.45) is 0 Å². The molecule has 1 atom stereocenters. The lowest BCUT2D eigenvalue weighted by Gasteiger charge is -2.34. The molecule has 158 valence electrons. The number of phenolic OH excluding ortho intramolecular Hbond substituents is 2.